The normalized spacial score (nSPS) is 20.9. The number of hydrogen-bond acceptors (Lipinski definition) is 3. The third kappa shape index (κ3) is 3.86. The summed E-state index contributed by atoms with van der Waals surface area (Å²) in [5, 5.41) is 12.3. The highest BCUT2D eigenvalue weighted by molar-refractivity contribution is 6.39. The molecule has 23 heavy (non-hydrogen) atoms. The molecule has 4 N–H and O–H groups in total. The van der Waals surface area contributed by atoms with Gasteiger partial charge in [-0.2, -0.15) is 0 Å². The van der Waals surface area contributed by atoms with Crippen molar-refractivity contribution in [3.63, 3.8) is 0 Å². The third-order valence-corrected chi connectivity index (χ3v) is 4.38. The number of amides is 3. The lowest BCUT2D eigenvalue weighted by Gasteiger charge is -2.36. The molecule has 1 heterocycles. The Labute approximate surface area is 142 Å². The highest BCUT2D eigenvalue weighted by Gasteiger charge is 2.37. The first-order chi connectivity index (χ1) is 10.8. The molecule has 1 aliphatic rings. The lowest BCUT2D eigenvalue weighted by Crippen LogP contribution is -2.55. The van der Waals surface area contributed by atoms with Crippen LogP contribution in [0.25, 0.3) is 0 Å². The summed E-state index contributed by atoms with van der Waals surface area (Å²) in [5.41, 5.74) is 5.27. The van der Waals surface area contributed by atoms with E-state index in [-0.39, 0.29) is 35.1 Å². The van der Waals surface area contributed by atoms with Crippen LogP contribution in [0.3, 0.4) is 0 Å². The summed E-state index contributed by atoms with van der Waals surface area (Å²) in [4.78, 5) is 36.2. The molecule has 9 heteroatoms. The Morgan fingerprint density at radius 1 is 1.26 bits per heavy atom. The van der Waals surface area contributed by atoms with E-state index in [4.69, 9.17) is 28.9 Å². The van der Waals surface area contributed by atoms with E-state index in [0.717, 1.165) is 0 Å². The van der Waals surface area contributed by atoms with Gasteiger partial charge in [0, 0.05) is 19.1 Å². The van der Waals surface area contributed by atoms with Gasteiger partial charge in [-0.15, -0.1) is 0 Å². The second-order valence-corrected chi connectivity index (χ2v) is 6.01. The number of carbonyl (C=O) groups is 3. The smallest absolute Gasteiger partial charge is 0.314 e. The van der Waals surface area contributed by atoms with E-state index in [0.29, 0.717) is 0 Å². The van der Waals surface area contributed by atoms with Gasteiger partial charge in [-0.25, -0.2) is 4.79 Å². The molecule has 0 spiro atoms. The molecule has 1 saturated heterocycles. The average molecular weight is 360 g/mol. The first-order valence-electron chi connectivity index (χ1n) is 6.83. The summed E-state index contributed by atoms with van der Waals surface area (Å²) in [7, 11) is 0. The molecule has 1 aliphatic heterocycles. The maximum Gasteiger partial charge on any atom is 0.314 e. The van der Waals surface area contributed by atoms with Crippen LogP contribution in [0.15, 0.2) is 18.2 Å². The van der Waals surface area contributed by atoms with Crippen molar-refractivity contribution in [2.24, 2.45) is 11.7 Å². The Balaban J connectivity index is 2.16. The summed E-state index contributed by atoms with van der Waals surface area (Å²) < 4.78 is 0. The molecule has 1 aromatic rings. The number of aliphatic carboxylic acids is 1. The van der Waals surface area contributed by atoms with Crippen LogP contribution < -0.4 is 11.1 Å². The molecule has 0 radical (unpaired) electrons. The zero-order chi connectivity index (χ0) is 17.1. The molecule has 2 unspecified atom stereocenters. The van der Waals surface area contributed by atoms with Gasteiger partial charge < -0.3 is 21.1 Å². The summed E-state index contributed by atoms with van der Waals surface area (Å²) in [6.45, 7) is 0.201. The standard InChI is InChI=1S/C14H15Cl2N3O4/c15-8-2-1-3-9(16)11(8)12(20)18-10-4-5-19(14(17)23)6-7(10)13(21)22/h1-3,7,10H,4-6H2,(H2,17,23)(H,18,20)(H,21,22). The van der Waals surface area contributed by atoms with E-state index >= 15 is 0 Å². The third-order valence-electron chi connectivity index (χ3n) is 3.75. The van der Waals surface area contributed by atoms with Gasteiger partial charge in [-0.05, 0) is 18.6 Å². The highest BCUT2D eigenvalue weighted by atomic mass is 35.5. The van der Waals surface area contributed by atoms with Crippen molar-refractivity contribution in [3.05, 3.63) is 33.8 Å². The molecule has 0 aromatic heterocycles. The number of primary amides is 1. The minimum Gasteiger partial charge on any atom is -0.481 e. The number of likely N-dealkylation sites (tertiary alicyclic amines) is 1. The van der Waals surface area contributed by atoms with E-state index in [9.17, 15) is 19.5 Å². The zero-order valence-electron chi connectivity index (χ0n) is 12.0. The second-order valence-electron chi connectivity index (χ2n) is 5.19. The minimum atomic E-state index is -1.12. The van der Waals surface area contributed by atoms with E-state index in [1.807, 2.05) is 0 Å². The summed E-state index contributed by atoms with van der Waals surface area (Å²) in [6.07, 6.45) is 0.272. The number of benzene rings is 1. The van der Waals surface area contributed by atoms with Crippen LogP contribution >= 0.6 is 23.2 Å². The second kappa shape index (κ2) is 7.06. The molecule has 124 valence electrons. The van der Waals surface area contributed by atoms with Crippen molar-refractivity contribution in [3.8, 4) is 0 Å². The number of urea groups is 1. The molecule has 0 aliphatic carbocycles. The fourth-order valence-corrected chi connectivity index (χ4v) is 3.10. The SMILES string of the molecule is NC(=O)N1CCC(NC(=O)c2c(Cl)cccc2Cl)C(C(=O)O)C1. The predicted molar refractivity (Wildman–Crippen MR) is 84.6 cm³/mol. The predicted octanol–water partition coefficient (Wildman–Crippen LogP) is 1.58. The highest BCUT2D eigenvalue weighted by Crippen LogP contribution is 2.25. The van der Waals surface area contributed by atoms with Crippen LogP contribution in [-0.4, -0.2) is 47.0 Å². The molecular formula is C14H15Cl2N3O4. The Kier molecular flexibility index (Phi) is 5.33. The summed E-state index contributed by atoms with van der Waals surface area (Å²) >= 11 is 11.9. The summed E-state index contributed by atoms with van der Waals surface area (Å²) in [5.74, 6) is -2.63. The van der Waals surface area contributed by atoms with Gasteiger partial charge in [0.15, 0.2) is 0 Å². The van der Waals surface area contributed by atoms with Crippen molar-refractivity contribution in [2.45, 2.75) is 12.5 Å². The van der Waals surface area contributed by atoms with Gasteiger partial charge in [-0.3, -0.25) is 9.59 Å². The molecule has 7 nitrogen and oxygen atoms in total. The molecule has 1 aromatic carbocycles. The van der Waals surface area contributed by atoms with Crippen LogP contribution in [0.1, 0.15) is 16.8 Å². The Morgan fingerprint density at radius 2 is 1.87 bits per heavy atom. The molecule has 3 amide bonds. The maximum absolute atomic E-state index is 12.4. The Morgan fingerprint density at radius 3 is 2.39 bits per heavy atom. The number of halogens is 2. The van der Waals surface area contributed by atoms with Crippen LogP contribution in [0.5, 0.6) is 0 Å². The largest absolute Gasteiger partial charge is 0.481 e. The van der Waals surface area contributed by atoms with Gasteiger partial charge in [0.25, 0.3) is 5.91 Å². The number of carboxylic acid groups (broad SMARTS) is 1. The first kappa shape index (κ1) is 17.4. The fourth-order valence-electron chi connectivity index (χ4n) is 2.53. The molecule has 1 fully saturated rings. The molecule has 2 rings (SSSR count). The lowest BCUT2D eigenvalue weighted by molar-refractivity contribution is -0.144. The number of nitrogens with zero attached hydrogens (tertiary/aromatic N) is 1. The first-order valence-corrected chi connectivity index (χ1v) is 7.59. The monoisotopic (exact) mass is 359 g/mol. The van der Waals surface area contributed by atoms with Crippen molar-refractivity contribution >= 4 is 41.1 Å². The molecule has 0 bridgehead atoms. The van der Waals surface area contributed by atoms with Crippen molar-refractivity contribution in [1.29, 1.82) is 0 Å². The topological polar surface area (TPSA) is 113 Å². The van der Waals surface area contributed by atoms with Crippen molar-refractivity contribution in [1.82, 2.24) is 10.2 Å². The van der Waals surface area contributed by atoms with Crippen LogP contribution in [0.4, 0.5) is 4.79 Å². The van der Waals surface area contributed by atoms with Crippen LogP contribution in [0.2, 0.25) is 10.0 Å². The van der Waals surface area contributed by atoms with Gasteiger partial charge in [0.05, 0.1) is 21.5 Å². The fraction of sp³-hybridized carbons (Fsp3) is 0.357. The maximum atomic E-state index is 12.4. The number of nitrogens with one attached hydrogen (secondary N) is 1. The van der Waals surface area contributed by atoms with Crippen molar-refractivity contribution < 1.29 is 19.5 Å². The number of hydrogen-bond donors (Lipinski definition) is 3. The van der Waals surface area contributed by atoms with Crippen molar-refractivity contribution in [2.75, 3.05) is 13.1 Å². The van der Waals surface area contributed by atoms with Gasteiger partial charge >= 0.3 is 12.0 Å². The van der Waals surface area contributed by atoms with Gasteiger partial charge in [0.2, 0.25) is 0 Å². The van der Waals surface area contributed by atoms with E-state index < -0.39 is 29.9 Å². The molecule has 2 atom stereocenters. The summed E-state index contributed by atoms with van der Waals surface area (Å²) in [6, 6.07) is 3.31. The van der Waals surface area contributed by atoms with Gasteiger partial charge in [0.1, 0.15) is 0 Å². The number of carboxylic acids is 1. The van der Waals surface area contributed by atoms with E-state index in [1.165, 1.54) is 17.0 Å². The number of piperidine rings is 1. The van der Waals surface area contributed by atoms with Crippen LogP contribution in [-0.2, 0) is 4.79 Å². The minimum absolute atomic E-state index is 0.0636. The number of nitrogens with two attached hydrogens (primary N) is 1. The number of rotatable bonds is 3. The number of carbonyl (C=O) groups excluding carboxylic acids is 2. The van der Waals surface area contributed by atoms with Crippen LogP contribution in [0, 0.1) is 5.92 Å². The molecule has 0 saturated carbocycles. The molecular weight excluding hydrogens is 345 g/mol. The van der Waals surface area contributed by atoms with E-state index in [2.05, 4.69) is 5.32 Å². The zero-order valence-corrected chi connectivity index (χ0v) is 13.5. The van der Waals surface area contributed by atoms with E-state index in [1.54, 1.807) is 6.07 Å². The Hall–Kier alpha value is -1.99. The van der Waals surface area contributed by atoms with Gasteiger partial charge in [-0.1, -0.05) is 29.3 Å². The lowest BCUT2D eigenvalue weighted by atomic mass is 9.92. The average Bonchev–Trinajstić information content (AvgIpc) is 2.46. The Bertz CT molecular complexity index is 633. The quantitative estimate of drug-likeness (QED) is 0.759.